The van der Waals surface area contributed by atoms with Gasteiger partial charge in [0.25, 0.3) is 5.91 Å². The lowest BCUT2D eigenvalue weighted by atomic mass is 9.93. The summed E-state index contributed by atoms with van der Waals surface area (Å²) in [7, 11) is 3.64. The van der Waals surface area contributed by atoms with Crippen molar-refractivity contribution >= 4 is 46.1 Å². The Hall–Kier alpha value is -1.95. The summed E-state index contributed by atoms with van der Waals surface area (Å²) in [6.45, 7) is 4.37. The van der Waals surface area contributed by atoms with Gasteiger partial charge in [-0.3, -0.25) is 4.79 Å². The molecule has 156 valence electrons. The summed E-state index contributed by atoms with van der Waals surface area (Å²) in [6.07, 6.45) is 7.18. The molecule has 2 N–H and O–H groups in total. The predicted molar refractivity (Wildman–Crippen MR) is 120 cm³/mol. The number of fused-ring (bicyclic) bond motifs is 1. The van der Waals surface area contributed by atoms with Crippen LogP contribution in [0.25, 0.3) is 17.0 Å². The number of aromatic amines is 1. The molecule has 0 spiro atoms. The van der Waals surface area contributed by atoms with Crippen LogP contribution in [0, 0.1) is 0 Å². The highest BCUT2D eigenvalue weighted by Crippen LogP contribution is 2.28. The second-order valence-corrected chi connectivity index (χ2v) is 8.49. The predicted octanol–water partition coefficient (Wildman–Crippen LogP) is 5.01. The summed E-state index contributed by atoms with van der Waals surface area (Å²) >= 11 is 12.1. The zero-order valence-corrected chi connectivity index (χ0v) is 18.6. The quantitative estimate of drug-likeness (QED) is 0.394. The molecule has 2 atom stereocenters. The largest absolute Gasteiger partial charge is 0.491 e. The molecule has 1 aliphatic heterocycles. The fraction of sp³-hybridized carbons (Fsp3) is 0.409. The van der Waals surface area contributed by atoms with Crippen LogP contribution in [-0.4, -0.2) is 48.1 Å². The maximum Gasteiger partial charge on any atom is 0.286 e. The highest BCUT2D eigenvalue weighted by molar-refractivity contribution is 6.42. The number of H-pyrrole nitrogens is 1. The average Bonchev–Trinajstić information content (AvgIpc) is 3.04. The molecule has 1 aromatic heterocycles. The summed E-state index contributed by atoms with van der Waals surface area (Å²) in [5.41, 5.74) is 1.78. The first-order valence-electron chi connectivity index (χ1n) is 9.71. The standard InChI is InChI=1S/C22H27Cl2N3O2/c1-13-8-17(9-14(2)27(13)3)26-22(28)21(29-4)7-5-6-16-10-15-11-18(23)19(24)12-20(15)25-16/h5-7,10-14,17,25H,8-9H2,1-4H3,(H,26,28)/b6-5+,21-7-. The van der Waals surface area contributed by atoms with Crippen LogP contribution in [0.5, 0.6) is 0 Å². The lowest BCUT2D eigenvalue weighted by Crippen LogP contribution is -2.51. The number of carbonyl (C=O) groups is 1. The van der Waals surface area contributed by atoms with E-state index in [0.29, 0.717) is 22.1 Å². The van der Waals surface area contributed by atoms with E-state index >= 15 is 0 Å². The number of rotatable bonds is 5. The number of amides is 1. The number of methoxy groups -OCH3 is 1. The number of allylic oxidation sites excluding steroid dienone is 2. The number of piperidine rings is 1. The minimum Gasteiger partial charge on any atom is -0.491 e. The monoisotopic (exact) mass is 435 g/mol. The molecule has 5 nitrogen and oxygen atoms in total. The molecule has 0 radical (unpaired) electrons. The Morgan fingerprint density at radius 2 is 1.86 bits per heavy atom. The Morgan fingerprint density at radius 1 is 1.21 bits per heavy atom. The minimum absolute atomic E-state index is 0.148. The van der Waals surface area contributed by atoms with E-state index in [2.05, 4.69) is 36.1 Å². The zero-order valence-electron chi connectivity index (χ0n) is 17.1. The van der Waals surface area contributed by atoms with Gasteiger partial charge in [0.1, 0.15) is 0 Å². The van der Waals surface area contributed by atoms with E-state index < -0.39 is 0 Å². The molecule has 0 saturated carbocycles. The fourth-order valence-electron chi connectivity index (χ4n) is 3.78. The Bertz CT molecular complexity index is 900. The summed E-state index contributed by atoms with van der Waals surface area (Å²) in [5.74, 6) is 0.0870. The lowest BCUT2D eigenvalue weighted by Gasteiger charge is -2.40. The highest BCUT2D eigenvalue weighted by Gasteiger charge is 2.29. The molecular formula is C22H27Cl2N3O2. The van der Waals surface area contributed by atoms with Crippen molar-refractivity contribution in [3.05, 3.63) is 51.8 Å². The van der Waals surface area contributed by atoms with Crippen molar-refractivity contribution in [3.63, 3.8) is 0 Å². The van der Waals surface area contributed by atoms with Crippen LogP contribution in [0.3, 0.4) is 0 Å². The van der Waals surface area contributed by atoms with Crippen molar-refractivity contribution in [2.45, 2.75) is 44.8 Å². The van der Waals surface area contributed by atoms with Crippen LogP contribution in [0.1, 0.15) is 32.4 Å². The topological polar surface area (TPSA) is 57.4 Å². The number of halogens is 2. The molecule has 2 aromatic rings. The van der Waals surface area contributed by atoms with Gasteiger partial charge in [0.05, 0.1) is 17.2 Å². The molecule has 29 heavy (non-hydrogen) atoms. The number of nitrogens with zero attached hydrogens (tertiary/aromatic N) is 1. The maximum atomic E-state index is 12.6. The summed E-state index contributed by atoms with van der Waals surface area (Å²) in [5, 5.41) is 5.10. The van der Waals surface area contributed by atoms with Gasteiger partial charge >= 0.3 is 0 Å². The number of benzene rings is 1. The minimum atomic E-state index is -0.193. The van der Waals surface area contributed by atoms with Crippen molar-refractivity contribution in [1.82, 2.24) is 15.2 Å². The van der Waals surface area contributed by atoms with Crippen LogP contribution in [-0.2, 0) is 9.53 Å². The SMILES string of the molecule is CO/C(=C\C=C\c1cc2cc(Cl)c(Cl)cc2[nH]1)C(=O)NC1CC(C)N(C)C(C)C1. The first kappa shape index (κ1) is 21.8. The molecular weight excluding hydrogens is 409 g/mol. The summed E-state index contributed by atoms with van der Waals surface area (Å²) in [6, 6.07) is 6.60. The average molecular weight is 436 g/mol. The third-order valence-electron chi connectivity index (χ3n) is 5.63. The lowest BCUT2D eigenvalue weighted by molar-refractivity contribution is -0.121. The van der Waals surface area contributed by atoms with Gasteiger partial charge in [0.2, 0.25) is 0 Å². The van der Waals surface area contributed by atoms with Gasteiger partial charge in [-0.05, 0) is 64.1 Å². The Labute approximate surface area is 181 Å². The van der Waals surface area contributed by atoms with E-state index in [0.717, 1.165) is 29.4 Å². The van der Waals surface area contributed by atoms with Crippen LogP contribution in [0.15, 0.2) is 36.1 Å². The van der Waals surface area contributed by atoms with Crippen LogP contribution >= 0.6 is 23.2 Å². The normalized spacial score (nSPS) is 23.7. The Kier molecular flexibility index (Phi) is 6.93. The molecule has 7 heteroatoms. The van der Waals surface area contributed by atoms with Gasteiger partial charge in [-0.25, -0.2) is 0 Å². The van der Waals surface area contributed by atoms with Crippen LogP contribution in [0.2, 0.25) is 10.0 Å². The molecule has 1 saturated heterocycles. The fourth-order valence-corrected chi connectivity index (χ4v) is 4.11. The number of hydrogen-bond acceptors (Lipinski definition) is 3. The Morgan fingerprint density at radius 3 is 2.52 bits per heavy atom. The molecule has 2 heterocycles. The maximum absolute atomic E-state index is 12.6. The second kappa shape index (κ2) is 9.24. The van der Waals surface area contributed by atoms with E-state index in [9.17, 15) is 4.79 Å². The van der Waals surface area contributed by atoms with E-state index in [-0.39, 0.29) is 17.7 Å². The number of aromatic nitrogens is 1. The third-order valence-corrected chi connectivity index (χ3v) is 6.35. The molecule has 1 fully saturated rings. The van der Waals surface area contributed by atoms with Crippen molar-refractivity contribution in [1.29, 1.82) is 0 Å². The number of hydrogen-bond donors (Lipinski definition) is 2. The smallest absolute Gasteiger partial charge is 0.286 e. The van der Waals surface area contributed by atoms with Gasteiger partial charge < -0.3 is 19.9 Å². The molecule has 1 aliphatic rings. The highest BCUT2D eigenvalue weighted by atomic mass is 35.5. The number of ether oxygens (including phenoxy) is 1. The molecule has 0 aliphatic carbocycles. The van der Waals surface area contributed by atoms with Crippen molar-refractivity contribution in [3.8, 4) is 0 Å². The number of likely N-dealkylation sites (tertiary alicyclic amines) is 1. The van der Waals surface area contributed by atoms with Gasteiger partial charge in [0, 0.05) is 34.7 Å². The van der Waals surface area contributed by atoms with E-state index in [1.54, 1.807) is 18.2 Å². The van der Waals surface area contributed by atoms with Gasteiger partial charge in [0.15, 0.2) is 5.76 Å². The van der Waals surface area contributed by atoms with Crippen LogP contribution < -0.4 is 5.32 Å². The summed E-state index contributed by atoms with van der Waals surface area (Å²) < 4.78 is 5.30. The number of carbonyl (C=O) groups excluding carboxylic acids is 1. The van der Waals surface area contributed by atoms with E-state index in [4.69, 9.17) is 27.9 Å². The molecule has 0 bridgehead atoms. The van der Waals surface area contributed by atoms with Crippen molar-refractivity contribution < 1.29 is 9.53 Å². The van der Waals surface area contributed by atoms with Gasteiger partial charge in [-0.1, -0.05) is 29.3 Å². The zero-order chi connectivity index (χ0) is 21.1. The number of nitrogens with one attached hydrogen (secondary N) is 2. The van der Waals surface area contributed by atoms with Crippen molar-refractivity contribution in [2.24, 2.45) is 0 Å². The van der Waals surface area contributed by atoms with Crippen molar-refractivity contribution in [2.75, 3.05) is 14.2 Å². The molecule has 3 rings (SSSR count). The third kappa shape index (κ3) is 5.16. The molecule has 1 aromatic carbocycles. The molecule has 2 unspecified atom stereocenters. The van der Waals surface area contributed by atoms with E-state index in [1.165, 1.54) is 7.11 Å². The summed E-state index contributed by atoms with van der Waals surface area (Å²) in [4.78, 5) is 18.2. The second-order valence-electron chi connectivity index (χ2n) is 7.68. The Balaban J connectivity index is 1.67. The first-order chi connectivity index (χ1) is 13.8. The van der Waals surface area contributed by atoms with E-state index in [1.807, 2.05) is 18.2 Å². The molecule has 1 amide bonds. The van der Waals surface area contributed by atoms with Gasteiger partial charge in [-0.15, -0.1) is 0 Å². The van der Waals surface area contributed by atoms with Gasteiger partial charge in [-0.2, -0.15) is 0 Å². The first-order valence-corrected chi connectivity index (χ1v) is 10.5. The van der Waals surface area contributed by atoms with Crippen LogP contribution in [0.4, 0.5) is 0 Å².